The van der Waals surface area contributed by atoms with E-state index in [2.05, 4.69) is 4.72 Å². The van der Waals surface area contributed by atoms with Crippen molar-refractivity contribution in [3.8, 4) is 5.69 Å². The summed E-state index contributed by atoms with van der Waals surface area (Å²) in [5.41, 5.74) is 2.92. The number of nitrogens with one attached hydrogen (secondary N) is 1. The SMILES string of the molecule is Cc1ccc(C)n1-c1ccc(S(=O)(=O)Nc2cccc([N+](=O)[O-])c2)cc1. The van der Waals surface area contributed by atoms with Gasteiger partial charge in [-0.3, -0.25) is 14.8 Å². The van der Waals surface area contributed by atoms with Gasteiger partial charge in [-0.15, -0.1) is 0 Å². The van der Waals surface area contributed by atoms with Crippen molar-refractivity contribution in [1.29, 1.82) is 0 Å². The average Bonchev–Trinajstić information content (AvgIpc) is 2.93. The average molecular weight is 371 g/mol. The van der Waals surface area contributed by atoms with Crippen LogP contribution in [0.15, 0.2) is 65.6 Å². The van der Waals surface area contributed by atoms with Crippen molar-refractivity contribution < 1.29 is 13.3 Å². The third kappa shape index (κ3) is 3.45. The summed E-state index contributed by atoms with van der Waals surface area (Å²) in [4.78, 5) is 10.3. The second-order valence-corrected chi connectivity index (χ2v) is 7.54. The van der Waals surface area contributed by atoms with Crippen LogP contribution in [0.2, 0.25) is 0 Å². The highest BCUT2D eigenvalue weighted by atomic mass is 32.2. The first-order valence-corrected chi connectivity index (χ1v) is 9.29. The van der Waals surface area contributed by atoms with E-state index in [1.807, 2.05) is 30.5 Å². The van der Waals surface area contributed by atoms with Gasteiger partial charge < -0.3 is 4.57 Å². The largest absolute Gasteiger partial charge is 0.319 e. The Morgan fingerprint density at radius 3 is 2.15 bits per heavy atom. The van der Waals surface area contributed by atoms with Crippen molar-refractivity contribution in [3.05, 3.63) is 82.2 Å². The molecule has 1 N–H and O–H groups in total. The molecule has 26 heavy (non-hydrogen) atoms. The van der Waals surface area contributed by atoms with E-state index in [9.17, 15) is 18.5 Å². The Balaban J connectivity index is 1.88. The van der Waals surface area contributed by atoms with E-state index in [0.29, 0.717) is 0 Å². The van der Waals surface area contributed by atoms with Crippen molar-refractivity contribution >= 4 is 21.4 Å². The molecule has 3 aromatic rings. The van der Waals surface area contributed by atoms with Gasteiger partial charge >= 0.3 is 0 Å². The predicted molar refractivity (Wildman–Crippen MR) is 99.1 cm³/mol. The van der Waals surface area contributed by atoms with Crippen LogP contribution in [-0.2, 0) is 10.0 Å². The van der Waals surface area contributed by atoms with Crippen LogP contribution in [0.1, 0.15) is 11.4 Å². The number of nitro benzene ring substituents is 1. The van der Waals surface area contributed by atoms with Crippen LogP contribution in [0.3, 0.4) is 0 Å². The second kappa shape index (κ2) is 6.64. The van der Waals surface area contributed by atoms with Gasteiger partial charge in [-0.05, 0) is 56.3 Å². The number of aromatic nitrogens is 1. The van der Waals surface area contributed by atoms with Crippen LogP contribution in [0.4, 0.5) is 11.4 Å². The molecule has 3 rings (SSSR count). The van der Waals surface area contributed by atoms with Crippen LogP contribution >= 0.6 is 0 Å². The summed E-state index contributed by atoms with van der Waals surface area (Å²) in [5.74, 6) is 0. The second-order valence-electron chi connectivity index (χ2n) is 5.86. The zero-order valence-electron chi connectivity index (χ0n) is 14.2. The molecule has 134 valence electrons. The van der Waals surface area contributed by atoms with Gasteiger partial charge in [0.2, 0.25) is 0 Å². The van der Waals surface area contributed by atoms with Crippen LogP contribution in [0, 0.1) is 24.0 Å². The molecule has 0 saturated heterocycles. The molecule has 0 bridgehead atoms. The zero-order valence-corrected chi connectivity index (χ0v) is 15.0. The van der Waals surface area contributed by atoms with Crippen LogP contribution in [0.25, 0.3) is 5.69 Å². The number of anilines is 1. The van der Waals surface area contributed by atoms with Crippen LogP contribution in [0.5, 0.6) is 0 Å². The molecular weight excluding hydrogens is 354 g/mol. The number of nitrogens with zero attached hydrogens (tertiary/aromatic N) is 2. The van der Waals surface area contributed by atoms with Gasteiger partial charge in [-0.2, -0.15) is 0 Å². The number of non-ortho nitro benzene ring substituents is 1. The van der Waals surface area contributed by atoms with Gasteiger partial charge in [0.15, 0.2) is 0 Å². The number of benzene rings is 2. The van der Waals surface area contributed by atoms with Gasteiger partial charge in [0, 0.05) is 29.2 Å². The van der Waals surface area contributed by atoms with Crippen LogP contribution < -0.4 is 4.72 Å². The number of hydrogen-bond donors (Lipinski definition) is 1. The highest BCUT2D eigenvalue weighted by Crippen LogP contribution is 2.22. The first-order valence-electron chi connectivity index (χ1n) is 7.80. The lowest BCUT2D eigenvalue weighted by Gasteiger charge is -2.11. The molecule has 0 amide bonds. The monoisotopic (exact) mass is 371 g/mol. The molecule has 0 aliphatic rings. The maximum atomic E-state index is 12.5. The fourth-order valence-electron chi connectivity index (χ4n) is 2.75. The summed E-state index contributed by atoms with van der Waals surface area (Å²) in [6, 6.07) is 15.8. The molecule has 0 radical (unpaired) electrons. The molecule has 2 aromatic carbocycles. The molecular formula is C18H17N3O4S. The lowest BCUT2D eigenvalue weighted by Crippen LogP contribution is -2.13. The van der Waals surface area contributed by atoms with Crippen molar-refractivity contribution in [1.82, 2.24) is 4.57 Å². The first-order chi connectivity index (χ1) is 12.3. The molecule has 7 nitrogen and oxygen atoms in total. The summed E-state index contributed by atoms with van der Waals surface area (Å²) in [5, 5.41) is 10.8. The minimum absolute atomic E-state index is 0.0789. The Labute approximate surface area is 151 Å². The quantitative estimate of drug-likeness (QED) is 0.545. The van der Waals surface area contributed by atoms with Crippen molar-refractivity contribution in [2.45, 2.75) is 18.7 Å². The van der Waals surface area contributed by atoms with Crippen molar-refractivity contribution in [3.63, 3.8) is 0 Å². The smallest absolute Gasteiger partial charge is 0.271 e. The molecule has 0 unspecified atom stereocenters. The Kier molecular flexibility index (Phi) is 4.52. The normalized spacial score (nSPS) is 11.3. The third-order valence-electron chi connectivity index (χ3n) is 3.99. The summed E-state index contributed by atoms with van der Waals surface area (Å²) in [6.45, 7) is 3.95. The Hall–Kier alpha value is -3.13. The number of nitro groups is 1. The zero-order chi connectivity index (χ0) is 18.9. The number of aryl methyl sites for hydroxylation is 2. The van der Waals surface area contributed by atoms with E-state index in [1.54, 1.807) is 12.1 Å². The van der Waals surface area contributed by atoms with E-state index in [0.717, 1.165) is 17.1 Å². The number of hydrogen-bond acceptors (Lipinski definition) is 4. The van der Waals surface area contributed by atoms with E-state index in [4.69, 9.17) is 0 Å². The Morgan fingerprint density at radius 2 is 1.58 bits per heavy atom. The Morgan fingerprint density at radius 1 is 0.962 bits per heavy atom. The summed E-state index contributed by atoms with van der Waals surface area (Å²) in [7, 11) is -3.84. The molecule has 1 aromatic heterocycles. The summed E-state index contributed by atoms with van der Waals surface area (Å²) < 4.78 is 29.4. The fraction of sp³-hybridized carbons (Fsp3) is 0.111. The molecule has 0 aliphatic heterocycles. The highest BCUT2D eigenvalue weighted by Gasteiger charge is 2.16. The topological polar surface area (TPSA) is 94.2 Å². The van der Waals surface area contributed by atoms with Gasteiger partial charge in [0.1, 0.15) is 0 Å². The lowest BCUT2D eigenvalue weighted by atomic mass is 10.3. The van der Waals surface area contributed by atoms with Gasteiger partial charge in [-0.1, -0.05) is 6.07 Å². The van der Waals surface area contributed by atoms with E-state index < -0.39 is 14.9 Å². The molecule has 0 saturated carbocycles. The predicted octanol–water partition coefficient (Wildman–Crippen LogP) is 3.80. The van der Waals surface area contributed by atoms with E-state index >= 15 is 0 Å². The van der Waals surface area contributed by atoms with Gasteiger partial charge in [-0.25, -0.2) is 8.42 Å². The third-order valence-corrected chi connectivity index (χ3v) is 5.38. The standard InChI is InChI=1S/C18H17N3O4S/c1-13-6-7-14(2)20(13)16-8-10-18(11-9-16)26(24,25)19-15-4-3-5-17(12-15)21(22)23/h3-12,19H,1-2H3. The molecule has 0 atom stereocenters. The van der Waals surface area contributed by atoms with E-state index in [-0.39, 0.29) is 16.3 Å². The molecule has 0 spiro atoms. The molecule has 0 fully saturated rings. The number of rotatable bonds is 5. The first kappa shape index (κ1) is 17.7. The maximum absolute atomic E-state index is 12.5. The number of sulfonamides is 1. The van der Waals surface area contributed by atoms with E-state index in [1.165, 1.54) is 36.4 Å². The van der Waals surface area contributed by atoms with Gasteiger partial charge in [0.05, 0.1) is 15.5 Å². The minimum atomic E-state index is -3.84. The minimum Gasteiger partial charge on any atom is -0.319 e. The molecule has 0 aliphatic carbocycles. The molecule has 1 heterocycles. The fourth-order valence-corrected chi connectivity index (χ4v) is 3.80. The summed E-state index contributed by atoms with van der Waals surface area (Å²) in [6.07, 6.45) is 0. The maximum Gasteiger partial charge on any atom is 0.271 e. The van der Waals surface area contributed by atoms with Gasteiger partial charge in [0.25, 0.3) is 15.7 Å². The van der Waals surface area contributed by atoms with Crippen molar-refractivity contribution in [2.24, 2.45) is 0 Å². The van der Waals surface area contributed by atoms with Crippen LogP contribution in [-0.4, -0.2) is 17.9 Å². The molecule has 8 heteroatoms. The van der Waals surface area contributed by atoms with Crippen molar-refractivity contribution in [2.75, 3.05) is 4.72 Å². The lowest BCUT2D eigenvalue weighted by molar-refractivity contribution is -0.384. The summed E-state index contributed by atoms with van der Waals surface area (Å²) >= 11 is 0. The Bertz CT molecular complexity index is 1050. The highest BCUT2D eigenvalue weighted by molar-refractivity contribution is 7.92.